The van der Waals surface area contributed by atoms with Crippen LogP contribution in [0.1, 0.15) is 25.5 Å². The predicted octanol–water partition coefficient (Wildman–Crippen LogP) is -3.61. The van der Waals surface area contributed by atoms with Gasteiger partial charge in [0.1, 0.15) is 24.2 Å². The van der Waals surface area contributed by atoms with Gasteiger partial charge in [0.25, 0.3) is 0 Å². The van der Waals surface area contributed by atoms with Crippen LogP contribution in [0, 0.1) is 0 Å². The second-order valence-electron chi connectivity index (χ2n) is 7.26. The van der Waals surface area contributed by atoms with Crippen molar-refractivity contribution in [1.29, 1.82) is 0 Å². The first-order valence-corrected chi connectivity index (χ1v) is 10.5. The van der Waals surface area contributed by atoms with Crippen LogP contribution in [0.3, 0.4) is 0 Å². The molecule has 5 atom stereocenters. The smallest absolute Gasteiger partial charge is 0.327 e. The third kappa shape index (κ3) is 9.46. The average Bonchev–Trinajstić information content (AvgIpc) is 3.25. The third-order valence-corrected chi connectivity index (χ3v) is 4.91. The molecule has 0 aliphatic carbocycles. The Bertz CT molecular complexity index is 834. The summed E-state index contributed by atoms with van der Waals surface area (Å²) >= 11 is 3.86. The van der Waals surface area contributed by atoms with Gasteiger partial charge in [0.15, 0.2) is 0 Å². The number of aliphatic carboxylic acids is 1. The van der Waals surface area contributed by atoms with E-state index in [1.54, 1.807) is 0 Å². The van der Waals surface area contributed by atoms with E-state index in [1.165, 1.54) is 19.4 Å². The molecule has 184 valence electrons. The number of nitrogens with zero attached hydrogens (tertiary/aromatic N) is 1. The van der Waals surface area contributed by atoms with Crippen molar-refractivity contribution in [1.82, 2.24) is 25.9 Å². The van der Waals surface area contributed by atoms with E-state index in [4.69, 9.17) is 16.6 Å². The molecule has 1 aromatic heterocycles. The summed E-state index contributed by atoms with van der Waals surface area (Å²) in [5, 5.41) is 25.7. The normalized spacial score (nSPS) is 15.4. The average molecular weight is 488 g/mol. The number of carbonyl (C=O) groups is 5. The Hall–Kier alpha value is -3.17. The van der Waals surface area contributed by atoms with Gasteiger partial charge in [0.05, 0.1) is 12.4 Å². The van der Waals surface area contributed by atoms with Crippen molar-refractivity contribution >= 4 is 42.2 Å². The van der Waals surface area contributed by atoms with E-state index >= 15 is 0 Å². The molecule has 0 spiro atoms. The SMILES string of the molecule is CC(O)C(N)C(=O)NC(Cc1cnc[nH]1)C(=O)NC(CCC(N)=O)C(=O)NC(CS)C(=O)O. The Labute approximate surface area is 194 Å². The molecule has 0 fully saturated rings. The van der Waals surface area contributed by atoms with E-state index < -0.39 is 59.9 Å². The van der Waals surface area contributed by atoms with Crippen LogP contribution in [0.5, 0.6) is 0 Å². The molecule has 0 aliphatic heterocycles. The number of H-pyrrole nitrogens is 1. The second-order valence-corrected chi connectivity index (χ2v) is 7.62. The molecular weight excluding hydrogens is 458 g/mol. The zero-order valence-corrected chi connectivity index (χ0v) is 18.7. The van der Waals surface area contributed by atoms with E-state index in [1.807, 2.05) is 0 Å². The summed E-state index contributed by atoms with van der Waals surface area (Å²) in [4.78, 5) is 66.8. The number of imidazole rings is 1. The minimum absolute atomic E-state index is 0.0668. The lowest BCUT2D eigenvalue weighted by Crippen LogP contribution is -2.58. The largest absolute Gasteiger partial charge is 0.480 e. The highest BCUT2D eigenvalue weighted by atomic mass is 32.1. The zero-order chi connectivity index (χ0) is 25.1. The summed E-state index contributed by atoms with van der Waals surface area (Å²) in [5.74, 6) is -4.81. The first kappa shape index (κ1) is 27.9. The number of aromatic amines is 1. The maximum atomic E-state index is 13.0. The summed E-state index contributed by atoms with van der Waals surface area (Å²) in [7, 11) is 0. The van der Waals surface area contributed by atoms with E-state index in [0.29, 0.717) is 5.69 Å². The Morgan fingerprint density at radius 3 is 2.15 bits per heavy atom. The quantitative estimate of drug-likeness (QED) is 0.117. The van der Waals surface area contributed by atoms with Gasteiger partial charge in [-0.3, -0.25) is 19.2 Å². The molecule has 1 aromatic rings. The molecule has 0 saturated carbocycles. The number of carboxylic acid groups (broad SMARTS) is 1. The van der Waals surface area contributed by atoms with Crippen molar-refractivity contribution < 1.29 is 34.2 Å². The van der Waals surface area contributed by atoms with E-state index in [2.05, 4.69) is 38.5 Å². The number of aliphatic hydroxyl groups is 1. The molecule has 0 bridgehead atoms. The highest BCUT2D eigenvalue weighted by Crippen LogP contribution is 2.05. The van der Waals surface area contributed by atoms with E-state index in [9.17, 15) is 29.1 Å². The molecule has 5 unspecified atom stereocenters. The van der Waals surface area contributed by atoms with Crippen molar-refractivity contribution in [2.24, 2.45) is 11.5 Å². The van der Waals surface area contributed by atoms with Crippen molar-refractivity contribution in [3.05, 3.63) is 18.2 Å². The number of aliphatic hydroxyl groups excluding tert-OH is 1. The van der Waals surface area contributed by atoms with Gasteiger partial charge in [-0.15, -0.1) is 0 Å². The maximum Gasteiger partial charge on any atom is 0.327 e. The Morgan fingerprint density at radius 1 is 1.09 bits per heavy atom. The number of carbonyl (C=O) groups excluding carboxylic acids is 4. The van der Waals surface area contributed by atoms with Crippen molar-refractivity contribution in [3.8, 4) is 0 Å². The number of rotatable bonds is 14. The molecule has 0 radical (unpaired) electrons. The van der Waals surface area contributed by atoms with Gasteiger partial charge in [-0.25, -0.2) is 9.78 Å². The zero-order valence-electron chi connectivity index (χ0n) is 17.9. The summed E-state index contributed by atoms with van der Waals surface area (Å²) < 4.78 is 0. The molecular formula is C18H29N7O7S. The summed E-state index contributed by atoms with van der Waals surface area (Å²) in [6.07, 6.45) is 1.03. The van der Waals surface area contributed by atoms with Crippen LogP contribution in [0.2, 0.25) is 0 Å². The first-order valence-electron chi connectivity index (χ1n) is 9.90. The van der Waals surface area contributed by atoms with Crippen LogP contribution in [0.15, 0.2) is 12.5 Å². The number of thiol groups is 1. The van der Waals surface area contributed by atoms with Crippen LogP contribution >= 0.6 is 12.6 Å². The molecule has 0 aromatic carbocycles. The van der Waals surface area contributed by atoms with E-state index in [-0.39, 0.29) is 25.0 Å². The van der Waals surface area contributed by atoms with Crippen molar-refractivity contribution in [3.63, 3.8) is 0 Å². The minimum atomic E-state index is -1.34. The molecule has 0 saturated heterocycles. The van der Waals surface area contributed by atoms with Crippen LogP contribution < -0.4 is 27.4 Å². The van der Waals surface area contributed by atoms with Crippen LogP contribution in [0.4, 0.5) is 0 Å². The Kier molecular flexibility index (Phi) is 11.3. The standard InChI is InChI=1S/C18H29N7O7S/c1-8(26)14(20)17(30)24-11(4-9-5-21-7-22-9)16(29)23-10(2-3-13(19)27)15(28)25-12(6-33)18(31)32/h5,7-8,10-12,14,26,33H,2-4,6,20H2,1H3,(H2,19,27)(H,21,22)(H,23,29)(H,24,30)(H,25,28)(H,31,32). The third-order valence-electron chi connectivity index (χ3n) is 4.54. The molecule has 1 rings (SSSR count). The predicted molar refractivity (Wildman–Crippen MR) is 118 cm³/mol. The summed E-state index contributed by atoms with van der Waals surface area (Å²) in [6, 6.07) is -5.23. The maximum absolute atomic E-state index is 13.0. The highest BCUT2D eigenvalue weighted by molar-refractivity contribution is 7.80. The van der Waals surface area contributed by atoms with Crippen molar-refractivity contribution in [2.45, 2.75) is 56.5 Å². The minimum Gasteiger partial charge on any atom is -0.480 e. The Morgan fingerprint density at radius 2 is 1.67 bits per heavy atom. The topological polar surface area (TPSA) is 243 Å². The lowest BCUT2D eigenvalue weighted by Gasteiger charge is -2.25. The van der Waals surface area contributed by atoms with E-state index in [0.717, 1.165) is 0 Å². The molecule has 14 nitrogen and oxygen atoms in total. The van der Waals surface area contributed by atoms with Gasteiger partial charge < -0.3 is 42.6 Å². The number of hydrogen-bond donors (Lipinski definition) is 9. The number of aromatic nitrogens is 2. The van der Waals surface area contributed by atoms with Crippen molar-refractivity contribution in [2.75, 3.05) is 5.75 Å². The molecule has 10 N–H and O–H groups in total. The van der Waals surface area contributed by atoms with Crippen LogP contribution in [-0.2, 0) is 30.4 Å². The molecule has 33 heavy (non-hydrogen) atoms. The van der Waals surface area contributed by atoms with Crippen LogP contribution in [-0.4, -0.2) is 85.8 Å². The van der Waals surface area contributed by atoms with Gasteiger partial charge in [0, 0.05) is 30.5 Å². The fourth-order valence-electron chi connectivity index (χ4n) is 2.60. The second kappa shape index (κ2) is 13.4. The molecule has 1 heterocycles. The van der Waals surface area contributed by atoms with Gasteiger partial charge in [-0.2, -0.15) is 12.6 Å². The number of hydrogen-bond acceptors (Lipinski definition) is 9. The molecule has 4 amide bonds. The monoisotopic (exact) mass is 487 g/mol. The summed E-state index contributed by atoms with van der Waals surface area (Å²) in [6.45, 7) is 1.30. The van der Waals surface area contributed by atoms with Gasteiger partial charge in [-0.1, -0.05) is 0 Å². The van der Waals surface area contributed by atoms with Crippen LogP contribution in [0.25, 0.3) is 0 Å². The number of carboxylic acids is 1. The fraction of sp³-hybridized carbons (Fsp3) is 0.556. The lowest BCUT2D eigenvalue weighted by atomic mass is 10.1. The number of amides is 4. The summed E-state index contributed by atoms with van der Waals surface area (Å²) in [5.41, 5.74) is 11.2. The van der Waals surface area contributed by atoms with Gasteiger partial charge in [-0.05, 0) is 13.3 Å². The number of nitrogens with one attached hydrogen (secondary N) is 4. The highest BCUT2D eigenvalue weighted by Gasteiger charge is 2.31. The van der Waals surface area contributed by atoms with Gasteiger partial charge >= 0.3 is 5.97 Å². The Balaban J connectivity index is 3.05. The molecule has 15 heteroatoms. The number of primary amides is 1. The number of nitrogens with two attached hydrogens (primary N) is 2. The first-order chi connectivity index (χ1) is 15.5. The lowest BCUT2D eigenvalue weighted by molar-refractivity contribution is -0.141. The molecule has 0 aliphatic rings. The van der Waals surface area contributed by atoms with Gasteiger partial charge in [0.2, 0.25) is 23.6 Å². The fourth-order valence-corrected chi connectivity index (χ4v) is 2.85.